The van der Waals surface area contributed by atoms with Crippen LogP contribution in [-0.4, -0.2) is 46.9 Å². The van der Waals surface area contributed by atoms with E-state index in [4.69, 9.17) is 9.47 Å². The number of nitrogens with one attached hydrogen (secondary N) is 2. The smallest absolute Gasteiger partial charge is 0.408 e. The van der Waals surface area contributed by atoms with E-state index in [1.807, 2.05) is 18.2 Å². The first-order chi connectivity index (χ1) is 13.4. The molecule has 1 aromatic rings. The van der Waals surface area contributed by atoms with Crippen LogP contribution in [0.15, 0.2) is 30.3 Å². The number of aliphatic hydroxyl groups excluding tert-OH is 1. The van der Waals surface area contributed by atoms with Gasteiger partial charge in [0.1, 0.15) is 24.3 Å². The molecule has 1 rings (SSSR count). The molecule has 0 unspecified atom stereocenters. The van der Waals surface area contributed by atoms with Gasteiger partial charge < -0.3 is 25.2 Å². The number of amides is 2. The highest BCUT2D eigenvalue weighted by atomic mass is 16.6. The molecule has 0 aromatic heterocycles. The molecule has 0 spiro atoms. The second-order valence-corrected chi connectivity index (χ2v) is 8.19. The monoisotopic (exact) mass is 408 g/mol. The Kier molecular flexibility index (Phi) is 9.10. The molecular weight excluding hydrogens is 376 g/mol. The standard InChI is InChI=1S/C21H32N2O6/c1-13(2)16(19(26)29-21(4,5)6)22-18(25)17(14(3)24)23-20(27)28-12-15-10-8-7-9-11-15/h7-11,13-14,16-17,24H,12H2,1-6H3,(H,22,25)(H,23,27)/t14-,16+,17+/m1/s1. The summed E-state index contributed by atoms with van der Waals surface area (Å²) in [6.45, 7) is 10.1. The lowest BCUT2D eigenvalue weighted by Gasteiger charge is -2.28. The summed E-state index contributed by atoms with van der Waals surface area (Å²) in [7, 11) is 0. The number of benzene rings is 1. The molecule has 0 radical (unpaired) electrons. The molecule has 0 aliphatic carbocycles. The van der Waals surface area contributed by atoms with Crippen molar-refractivity contribution in [1.29, 1.82) is 0 Å². The number of hydrogen-bond acceptors (Lipinski definition) is 6. The normalized spacial score (nSPS) is 14.5. The lowest BCUT2D eigenvalue weighted by molar-refractivity contribution is -0.160. The Bertz CT molecular complexity index is 682. The molecule has 8 nitrogen and oxygen atoms in total. The van der Waals surface area contributed by atoms with Gasteiger partial charge in [-0.1, -0.05) is 44.2 Å². The highest BCUT2D eigenvalue weighted by molar-refractivity contribution is 5.90. The molecule has 0 aliphatic rings. The first-order valence-electron chi connectivity index (χ1n) is 9.59. The number of carbonyl (C=O) groups is 3. The molecule has 3 N–H and O–H groups in total. The van der Waals surface area contributed by atoms with Gasteiger partial charge in [0.15, 0.2) is 0 Å². The molecule has 0 saturated carbocycles. The third kappa shape index (κ3) is 8.95. The highest BCUT2D eigenvalue weighted by Gasteiger charge is 2.33. The second-order valence-electron chi connectivity index (χ2n) is 8.19. The van der Waals surface area contributed by atoms with Gasteiger partial charge in [0, 0.05) is 0 Å². The van der Waals surface area contributed by atoms with E-state index in [0.717, 1.165) is 5.56 Å². The average molecular weight is 408 g/mol. The van der Waals surface area contributed by atoms with Crippen molar-refractivity contribution in [3.05, 3.63) is 35.9 Å². The van der Waals surface area contributed by atoms with Crippen LogP contribution in [0.2, 0.25) is 0 Å². The Morgan fingerprint density at radius 2 is 1.59 bits per heavy atom. The number of alkyl carbamates (subject to hydrolysis) is 1. The van der Waals surface area contributed by atoms with E-state index >= 15 is 0 Å². The molecule has 8 heteroatoms. The summed E-state index contributed by atoms with van der Waals surface area (Å²) in [5.41, 5.74) is 0.0727. The van der Waals surface area contributed by atoms with E-state index in [9.17, 15) is 19.5 Å². The van der Waals surface area contributed by atoms with Crippen molar-refractivity contribution in [2.24, 2.45) is 5.92 Å². The van der Waals surface area contributed by atoms with Gasteiger partial charge in [0.2, 0.25) is 5.91 Å². The van der Waals surface area contributed by atoms with E-state index in [2.05, 4.69) is 10.6 Å². The third-order valence-electron chi connectivity index (χ3n) is 3.88. The molecule has 0 fully saturated rings. The lowest BCUT2D eigenvalue weighted by Crippen LogP contribution is -2.57. The summed E-state index contributed by atoms with van der Waals surface area (Å²) in [6.07, 6.45) is -2.06. The van der Waals surface area contributed by atoms with Crippen molar-refractivity contribution in [3.63, 3.8) is 0 Å². The summed E-state index contributed by atoms with van der Waals surface area (Å²) >= 11 is 0. The fourth-order valence-electron chi connectivity index (χ4n) is 2.40. The van der Waals surface area contributed by atoms with Crippen LogP contribution in [0, 0.1) is 5.92 Å². The number of esters is 1. The van der Waals surface area contributed by atoms with Gasteiger partial charge in [0.25, 0.3) is 0 Å². The molecule has 0 saturated heterocycles. The number of ether oxygens (including phenoxy) is 2. The summed E-state index contributed by atoms with van der Waals surface area (Å²) in [4.78, 5) is 37.1. The first kappa shape index (κ1) is 24.4. The minimum Gasteiger partial charge on any atom is -0.458 e. The van der Waals surface area contributed by atoms with Crippen molar-refractivity contribution in [2.45, 2.75) is 71.9 Å². The molecule has 162 valence electrons. The van der Waals surface area contributed by atoms with E-state index in [1.165, 1.54) is 6.92 Å². The molecule has 0 aliphatic heterocycles. The largest absolute Gasteiger partial charge is 0.458 e. The Morgan fingerprint density at radius 1 is 1.00 bits per heavy atom. The average Bonchev–Trinajstić information content (AvgIpc) is 2.61. The van der Waals surface area contributed by atoms with Crippen LogP contribution >= 0.6 is 0 Å². The van der Waals surface area contributed by atoms with Crippen molar-refractivity contribution in [1.82, 2.24) is 10.6 Å². The summed E-state index contributed by atoms with van der Waals surface area (Å²) < 4.78 is 10.4. The van der Waals surface area contributed by atoms with Crippen LogP contribution in [0.3, 0.4) is 0 Å². The maximum absolute atomic E-state index is 12.6. The van der Waals surface area contributed by atoms with Crippen molar-refractivity contribution >= 4 is 18.0 Å². The number of hydrogen-bond donors (Lipinski definition) is 3. The Hall–Kier alpha value is -2.61. The fraction of sp³-hybridized carbons (Fsp3) is 0.571. The lowest BCUT2D eigenvalue weighted by atomic mass is 10.0. The van der Waals surface area contributed by atoms with E-state index in [0.29, 0.717) is 0 Å². The maximum Gasteiger partial charge on any atom is 0.408 e. The number of carbonyl (C=O) groups excluding carboxylic acids is 3. The predicted octanol–water partition coefficient (Wildman–Crippen LogP) is 2.14. The van der Waals surface area contributed by atoms with E-state index in [-0.39, 0.29) is 12.5 Å². The van der Waals surface area contributed by atoms with Gasteiger partial charge in [-0.2, -0.15) is 0 Å². The molecule has 1 aromatic carbocycles. The number of rotatable bonds is 8. The van der Waals surface area contributed by atoms with Crippen molar-refractivity contribution in [3.8, 4) is 0 Å². The van der Waals surface area contributed by atoms with Crippen LogP contribution in [0.1, 0.15) is 47.1 Å². The Balaban J connectivity index is 2.74. The minimum absolute atomic E-state index is 0.0212. The van der Waals surface area contributed by atoms with Crippen LogP contribution < -0.4 is 10.6 Å². The first-order valence-corrected chi connectivity index (χ1v) is 9.59. The minimum atomic E-state index is -1.29. The zero-order chi connectivity index (χ0) is 22.2. The third-order valence-corrected chi connectivity index (χ3v) is 3.88. The molecule has 2 amide bonds. The van der Waals surface area contributed by atoms with Gasteiger partial charge in [-0.05, 0) is 39.2 Å². The number of aliphatic hydroxyl groups is 1. The summed E-state index contributed by atoms with van der Waals surface area (Å²) in [5.74, 6) is -1.55. The molecule has 29 heavy (non-hydrogen) atoms. The van der Waals surface area contributed by atoms with E-state index < -0.39 is 41.8 Å². The molecular formula is C21H32N2O6. The van der Waals surface area contributed by atoms with E-state index in [1.54, 1.807) is 46.8 Å². The fourth-order valence-corrected chi connectivity index (χ4v) is 2.40. The Morgan fingerprint density at radius 3 is 2.07 bits per heavy atom. The summed E-state index contributed by atoms with van der Waals surface area (Å²) in [6, 6.07) is 6.83. The molecule has 3 atom stereocenters. The molecule has 0 heterocycles. The quantitative estimate of drug-likeness (QED) is 0.568. The second kappa shape index (κ2) is 10.8. The van der Waals surface area contributed by atoms with Gasteiger partial charge in [-0.25, -0.2) is 9.59 Å². The summed E-state index contributed by atoms with van der Waals surface area (Å²) in [5, 5.41) is 14.8. The van der Waals surface area contributed by atoms with Crippen LogP contribution in [0.25, 0.3) is 0 Å². The van der Waals surface area contributed by atoms with Gasteiger partial charge >= 0.3 is 12.1 Å². The van der Waals surface area contributed by atoms with Crippen molar-refractivity contribution < 1.29 is 29.0 Å². The SMILES string of the molecule is CC(C)[C@H](NC(=O)[C@@H](NC(=O)OCc1ccccc1)[C@@H](C)O)C(=O)OC(C)(C)C. The Labute approximate surface area is 172 Å². The predicted molar refractivity (Wildman–Crippen MR) is 108 cm³/mol. The van der Waals surface area contributed by atoms with Crippen LogP contribution in [0.4, 0.5) is 4.79 Å². The van der Waals surface area contributed by atoms with Crippen LogP contribution in [0.5, 0.6) is 0 Å². The van der Waals surface area contributed by atoms with Crippen LogP contribution in [-0.2, 0) is 25.7 Å². The maximum atomic E-state index is 12.6. The zero-order valence-electron chi connectivity index (χ0n) is 17.9. The van der Waals surface area contributed by atoms with Gasteiger partial charge in [-0.3, -0.25) is 4.79 Å². The van der Waals surface area contributed by atoms with Crippen molar-refractivity contribution in [2.75, 3.05) is 0 Å². The topological polar surface area (TPSA) is 114 Å². The molecule has 0 bridgehead atoms. The zero-order valence-corrected chi connectivity index (χ0v) is 17.9. The highest BCUT2D eigenvalue weighted by Crippen LogP contribution is 2.13. The van der Waals surface area contributed by atoms with Gasteiger partial charge in [-0.15, -0.1) is 0 Å². The van der Waals surface area contributed by atoms with Gasteiger partial charge in [0.05, 0.1) is 6.10 Å².